The molecule has 3 aliphatic rings. The maximum Gasteiger partial charge on any atom is 0.0235 e. The Morgan fingerprint density at radius 3 is 2.37 bits per heavy atom. The topological polar surface area (TPSA) is 32.5 Å². The zero-order valence-corrected chi connectivity index (χ0v) is 12.4. The number of nitrogens with two attached hydrogens (primary N) is 1. The molecule has 2 heterocycles. The van der Waals surface area contributed by atoms with Crippen LogP contribution < -0.4 is 5.73 Å². The predicted octanol–water partition coefficient (Wildman–Crippen LogP) is 2.06. The van der Waals surface area contributed by atoms with Crippen LogP contribution in [-0.2, 0) is 0 Å². The molecular weight excluding hydrogens is 234 g/mol. The summed E-state index contributed by atoms with van der Waals surface area (Å²) in [5.74, 6) is 0.814. The molecule has 3 nitrogen and oxygen atoms in total. The van der Waals surface area contributed by atoms with Crippen LogP contribution in [0.15, 0.2) is 0 Å². The Balaban J connectivity index is 1.43. The largest absolute Gasteiger partial charge is 0.326 e. The quantitative estimate of drug-likeness (QED) is 0.844. The van der Waals surface area contributed by atoms with Crippen molar-refractivity contribution in [2.45, 2.75) is 63.5 Å². The fraction of sp³-hybridized carbons (Fsp3) is 1.00. The maximum atomic E-state index is 6.43. The van der Waals surface area contributed by atoms with Crippen molar-refractivity contribution in [3.63, 3.8) is 0 Å². The first-order valence-electron chi connectivity index (χ1n) is 8.55. The third kappa shape index (κ3) is 3.50. The van der Waals surface area contributed by atoms with Gasteiger partial charge >= 0.3 is 0 Å². The first kappa shape index (κ1) is 13.8. The molecule has 110 valence electrons. The lowest BCUT2D eigenvalue weighted by molar-refractivity contribution is 0.159. The Morgan fingerprint density at radius 2 is 1.63 bits per heavy atom. The van der Waals surface area contributed by atoms with Crippen LogP contribution in [0.3, 0.4) is 0 Å². The van der Waals surface area contributed by atoms with E-state index in [1.807, 2.05) is 0 Å². The molecule has 0 bridgehead atoms. The van der Waals surface area contributed by atoms with Crippen LogP contribution >= 0.6 is 0 Å². The Bertz CT molecular complexity index is 269. The normalized spacial score (nSPS) is 33.0. The zero-order chi connectivity index (χ0) is 13.1. The van der Waals surface area contributed by atoms with E-state index < -0.39 is 0 Å². The summed E-state index contributed by atoms with van der Waals surface area (Å²) >= 11 is 0. The minimum atomic E-state index is 0.433. The average Bonchev–Trinajstić information content (AvgIpc) is 3.11. The minimum absolute atomic E-state index is 0.433. The van der Waals surface area contributed by atoms with E-state index in [4.69, 9.17) is 5.73 Å². The van der Waals surface area contributed by atoms with Gasteiger partial charge in [-0.3, -0.25) is 4.90 Å². The SMILES string of the molecule is NC(CN1CCC(N2CCCCC2)C1)C1CCCC1. The molecule has 2 atom stereocenters. The summed E-state index contributed by atoms with van der Waals surface area (Å²) < 4.78 is 0. The lowest BCUT2D eigenvalue weighted by atomic mass is 9.99. The number of likely N-dealkylation sites (tertiary alicyclic amines) is 2. The Labute approximate surface area is 118 Å². The monoisotopic (exact) mass is 265 g/mol. The van der Waals surface area contributed by atoms with Gasteiger partial charge in [-0.2, -0.15) is 0 Å². The van der Waals surface area contributed by atoms with Crippen LogP contribution in [0.2, 0.25) is 0 Å². The summed E-state index contributed by atoms with van der Waals surface area (Å²) in [7, 11) is 0. The fourth-order valence-electron chi connectivity index (χ4n) is 4.39. The van der Waals surface area contributed by atoms with Gasteiger partial charge in [0.15, 0.2) is 0 Å². The van der Waals surface area contributed by atoms with Gasteiger partial charge in [0.1, 0.15) is 0 Å². The van der Waals surface area contributed by atoms with Gasteiger partial charge in [0.2, 0.25) is 0 Å². The van der Waals surface area contributed by atoms with Crippen molar-refractivity contribution in [2.24, 2.45) is 11.7 Å². The molecule has 2 saturated heterocycles. The highest BCUT2D eigenvalue weighted by Crippen LogP contribution is 2.28. The predicted molar refractivity (Wildman–Crippen MR) is 80.2 cm³/mol. The minimum Gasteiger partial charge on any atom is -0.326 e. The smallest absolute Gasteiger partial charge is 0.0235 e. The Kier molecular flexibility index (Phi) is 4.78. The summed E-state index contributed by atoms with van der Waals surface area (Å²) in [5.41, 5.74) is 6.43. The first-order valence-corrected chi connectivity index (χ1v) is 8.55. The molecule has 3 rings (SSSR count). The Morgan fingerprint density at radius 1 is 0.895 bits per heavy atom. The number of nitrogens with zero attached hydrogens (tertiary/aromatic N) is 2. The second kappa shape index (κ2) is 6.55. The summed E-state index contributed by atoms with van der Waals surface area (Å²) in [5, 5.41) is 0. The van der Waals surface area contributed by atoms with Crippen LogP contribution in [0, 0.1) is 5.92 Å². The molecule has 19 heavy (non-hydrogen) atoms. The molecule has 2 aliphatic heterocycles. The van der Waals surface area contributed by atoms with E-state index in [-0.39, 0.29) is 0 Å². The molecule has 0 aromatic heterocycles. The summed E-state index contributed by atoms with van der Waals surface area (Å²) in [6.45, 7) is 6.39. The van der Waals surface area contributed by atoms with E-state index >= 15 is 0 Å². The van der Waals surface area contributed by atoms with Crippen LogP contribution in [0.5, 0.6) is 0 Å². The highest BCUT2D eigenvalue weighted by molar-refractivity contribution is 4.88. The van der Waals surface area contributed by atoms with Crippen molar-refractivity contribution >= 4 is 0 Å². The summed E-state index contributed by atoms with van der Waals surface area (Å²) in [6.07, 6.45) is 11.2. The number of rotatable bonds is 4. The lowest BCUT2D eigenvalue weighted by Crippen LogP contribution is -2.44. The summed E-state index contributed by atoms with van der Waals surface area (Å²) in [6, 6.07) is 1.26. The molecule has 0 radical (unpaired) electrons. The molecule has 3 fully saturated rings. The third-order valence-electron chi connectivity index (χ3n) is 5.63. The molecule has 2 unspecified atom stereocenters. The molecule has 3 heteroatoms. The van der Waals surface area contributed by atoms with Gasteiger partial charge in [-0.1, -0.05) is 19.3 Å². The fourth-order valence-corrected chi connectivity index (χ4v) is 4.39. The lowest BCUT2D eigenvalue weighted by Gasteiger charge is -2.32. The van der Waals surface area contributed by atoms with Crippen molar-refractivity contribution < 1.29 is 0 Å². The van der Waals surface area contributed by atoms with Crippen molar-refractivity contribution in [1.29, 1.82) is 0 Å². The van der Waals surface area contributed by atoms with Crippen molar-refractivity contribution in [3.05, 3.63) is 0 Å². The number of piperidine rings is 1. The second-order valence-electron chi connectivity index (χ2n) is 7.01. The van der Waals surface area contributed by atoms with E-state index in [0.29, 0.717) is 6.04 Å². The van der Waals surface area contributed by atoms with Crippen LogP contribution in [-0.4, -0.2) is 54.6 Å². The molecule has 1 aliphatic carbocycles. The van der Waals surface area contributed by atoms with Gasteiger partial charge in [0, 0.05) is 25.2 Å². The van der Waals surface area contributed by atoms with E-state index in [1.165, 1.54) is 77.5 Å². The molecule has 0 aromatic carbocycles. The first-order chi connectivity index (χ1) is 9.33. The van der Waals surface area contributed by atoms with Crippen LogP contribution in [0.25, 0.3) is 0 Å². The van der Waals surface area contributed by atoms with Gasteiger partial charge in [-0.25, -0.2) is 0 Å². The van der Waals surface area contributed by atoms with Crippen LogP contribution in [0.1, 0.15) is 51.4 Å². The number of hydrogen-bond acceptors (Lipinski definition) is 3. The second-order valence-corrected chi connectivity index (χ2v) is 7.01. The standard InChI is InChI=1S/C16H31N3/c17-16(14-6-2-3-7-14)13-18-11-8-15(12-18)19-9-4-1-5-10-19/h14-16H,1-13,17H2. The van der Waals surface area contributed by atoms with E-state index in [2.05, 4.69) is 9.80 Å². The summed E-state index contributed by atoms with van der Waals surface area (Å²) in [4.78, 5) is 5.38. The average molecular weight is 265 g/mol. The maximum absolute atomic E-state index is 6.43. The molecular formula is C16H31N3. The van der Waals surface area contributed by atoms with Crippen molar-refractivity contribution in [3.8, 4) is 0 Å². The highest BCUT2D eigenvalue weighted by atomic mass is 15.3. The van der Waals surface area contributed by atoms with Crippen molar-refractivity contribution in [1.82, 2.24) is 9.80 Å². The van der Waals surface area contributed by atoms with Gasteiger partial charge < -0.3 is 10.6 Å². The van der Waals surface area contributed by atoms with Gasteiger partial charge in [-0.05, 0) is 57.7 Å². The van der Waals surface area contributed by atoms with E-state index in [0.717, 1.165) is 18.5 Å². The van der Waals surface area contributed by atoms with E-state index in [1.54, 1.807) is 0 Å². The van der Waals surface area contributed by atoms with Crippen molar-refractivity contribution in [2.75, 3.05) is 32.7 Å². The molecule has 0 spiro atoms. The van der Waals surface area contributed by atoms with E-state index in [9.17, 15) is 0 Å². The zero-order valence-electron chi connectivity index (χ0n) is 12.4. The molecule has 0 amide bonds. The number of hydrogen-bond donors (Lipinski definition) is 1. The molecule has 1 saturated carbocycles. The molecule has 2 N–H and O–H groups in total. The van der Waals surface area contributed by atoms with Gasteiger partial charge in [-0.15, -0.1) is 0 Å². The molecule has 0 aromatic rings. The third-order valence-corrected chi connectivity index (χ3v) is 5.63. The van der Waals surface area contributed by atoms with Crippen LogP contribution in [0.4, 0.5) is 0 Å². The highest BCUT2D eigenvalue weighted by Gasteiger charge is 2.31. The van der Waals surface area contributed by atoms with Gasteiger partial charge in [0.05, 0.1) is 0 Å². The Hall–Kier alpha value is -0.120. The van der Waals surface area contributed by atoms with Gasteiger partial charge in [0.25, 0.3) is 0 Å².